The Morgan fingerprint density at radius 1 is 1.04 bits per heavy atom. The smallest absolute Gasteiger partial charge is 0.180 e. The Hall–Kier alpha value is -3.14. The summed E-state index contributed by atoms with van der Waals surface area (Å²) in [6.45, 7) is 1.44. The molecule has 2 aromatic carbocycles. The van der Waals surface area contributed by atoms with Crippen molar-refractivity contribution in [2.24, 2.45) is 10.9 Å². The minimum absolute atomic E-state index is 0.171. The number of hydrogen-bond acceptors (Lipinski definition) is 4. The minimum Gasteiger partial charge on any atom is -0.299 e. The molecule has 0 spiro atoms. The number of ketones is 2. The summed E-state index contributed by atoms with van der Waals surface area (Å²) in [5.74, 6) is -1.17. The third-order valence-electron chi connectivity index (χ3n) is 4.25. The van der Waals surface area contributed by atoms with Gasteiger partial charge in [-0.25, -0.2) is 0 Å². The summed E-state index contributed by atoms with van der Waals surface area (Å²) in [5.41, 5.74) is 3.35. The third-order valence-corrected chi connectivity index (χ3v) is 4.25. The number of aromatic nitrogens is 1. The van der Waals surface area contributed by atoms with Crippen molar-refractivity contribution in [1.29, 1.82) is 0 Å². The van der Waals surface area contributed by atoms with Crippen LogP contribution in [0.2, 0.25) is 0 Å². The molecule has 0 bridgehead atoms. The number of aliphatic imine (C=N–C) groups is 1. The Morgan fingerprint density at radius 3 is 2.62 bits per heavy atom. The summed E-state index contributed by atoms with van der Waals surface area (Å²) in [4.78, 5) is 33.5. The fourth-order valence-electron chi connectivity index (χ4n) is 3.12. The first kappa shape index (κ1) is 14.5. The summed E-state index contributed by atoms with van der Waals surface area (Å²) < 4.78 is 0. The monoisotopic (exact) mass is 314 g/mol. The fourth-order valence-corrected chi connectivity index (χ4v) is 3.12. The van der Waals surface area contributed by atoms with Gasteiger partial charge in [0.1, 0.15) is 11.7 Å². The van der Waals surface area contributed by atoms with E-state index < -0.39 is 5.92 Å². The van der Waals surface area contributed by atoms with Crippen LogP contribution in [0.25, 0.3) is 10.9 Å². The molecule has 24 heavy (non-hydrogen) atoms. The van der Waals surface area contributed by atoms with E-state index in [1.165, 1.54) is 6.92 Å². The second-order valence-electron chi connectivity index (χ2n) is 5.83. The highest BCUT2D eigenvalue weighted by atomic mass is 16.2. The minimum atomic E-state index is -0.818. The van der Waals surface area contributed by atoms with Gasteiger partial charge in [-0.1, -0.05) is 36.4 Å². The van der Waals surface area contributed by atoms with Crippen LogP contribution in [-0.4, -0.2) is 22.3 Å². The van der Waals surface area contributed by atoms with Crippen molar-refractivity contribution in [2.75, 3.05) is 0 Å². The van der Waals surface area contributed by atoms with Crippen LogP contribution in [0.3, 0.4) is 0 Å². The van der Waals surface area contributed by atoms with E-state index >= 15 is 0 Å². The van der Waals surface area contributed by atoms with E-state index in [1.807, 2.05) is 42.5 Å². The average Bonchev–Trinajstić information content (AvgIpc) is 2.87. The van der Waals surface area contributed by atoms with E-state index in [1.54, 1.807) is 18.3 Å². The first-order chi connectivity index (χ1) is 11.6. The molecule has 0 amide bonds. The molecule has 0 saturated carbocycles. The number of carbonyl (C=O) groups is 2. The largest absolute Gasteiger partial charge is 0.299 e. The standard InChI is InChI=1S/C20H14N2O2/c1-12(23)18-19(15-6-2-3-7-16(15)20(18)24)22-14-9-8-13-5-4-10-21-17(13)11-14/h2-11,18H,1H3. The maximum atomic E-state index is 12.5. The molecule has 116 valence electrons. The van der Waals surface area contributed by atoms with E-state index in [4.69, 9.17) is 0 Å². The molecule has 0 aliphatic heterocycles. The van der Waals surface area contributed by atoms with Gasteiger partial charge >= 0.3 is 0 Å². The molecule has 1 atom stereocenters. The van der Waals surface area contributed by atoms with Crippen LogP contribution in [0, 0.1) is 5.92 Å². The van der Waals surface area contributed by atoms with Crippen molar-refractivity contribution < 1.29 is 9.59 Å². The second kappa shape index (κ2) is 5.49. The van der Waals surface area contributed by atoms with E-state index in [0.29, 0.717) is 17.0 Å². The number of rotatable bonds is 2. The van der Waals surface area contributed by atoms with Gasteiger partial charge < -0.3 is 0 Å². The van der Waals surface area contributed by atoms with Gasteiger partial charge in [-0.2, -0.15) is 0 Å². The maximum Gasteiger partial charge on any atom is 0.180 e. The van der Waals surface area contributed by atoms with Gasteiger partial charge in [-0.15, -0.1) is 0 Å². The summed E-state index contributed by atoms with van der Waals surface area (Å²) in [6, 6.07) is 16.8. The van der Waals surface area contributed by atoms with Crippen molar-refractivity contribution >= 4 is 33.9 Å². The van der Waals surface area contributed by atoms with Crippen LogP contribution in [0.1, 0.15) is 22.8 Å². The number of hydrogen-bond donors (Lipinski definition) is 0. The molecule has 1 heterocycles. The lowest BCUT2D eigenvalue weighted by molar-refractivity contribution is -0.117. The van der Waals surface area contributed by atoms with E-state index in [9.17, 15) is 9.59 Å². The Bertz CT molecular complexity index is 1020. The van der Waals surface area contributed by atoms with Crippen molar-refractivity contribution in [3.63, 3.8) is 0 Å². The molecule has 1 unspecified atom stereocenters. The van der Waals surface area contributed by atoms with Crippen molar-refractivity contribution in [2.45, 2.75) is 6.92 Å². The van der Waals surface area contributed by atoms with Gasteiger partial charge in [-0.3, -0.25) is 19.6 Å². The van der Waals surface area contributed by atoms with Gasteiger partial charge in [0.2, 0.25) is 0 Å². The van der Waals surface area contributed by atoms with Gasteiger partial charge in [0, 0.05) is 22.7 Å². The fraction of sp³-hybridized carbons (Fsp3) is 0.100. The van der Waals surface area contributed by atoms with Crippen molar-refractivity contribution in [3.05, 3.63) is 71.9 Å². The number of Topliss-reactive ketones (excluding diaryl/α,β-unsaturated/α-hetero) is 2. The first-order valence-corrected chi connectivity index (χ1v) is 7.72. The lowest BCUT2D eigenvalue weighted by Crippen LogP contribution is -2.23. The predicted octanol–water partition coefficient (Wildman–Crippen LogP) is 3.76. The number of nitrogens with zero attached hydrogens (tertiary/aromatic N) is 2. The summed E-state index contributed by atoms with van der Waals surface area (Å²) in [6.07, 6.45) is 1.73. The van der Waals surface area contributed by atoms with Gasteiger partial charge in [0.05, 0.1) is 16.9 Å². The molecule has 1 aromatic heterocycles. The molecular weight excluding hydrogens is 300 g/mol. The van der Waals surface area contributed by atoms with Gasteiger partial charge in [0.25, 0.3) is 0 Å². The molecule has 0 fully saturated rings. The molecule has 4 nitrogen and oxygen atoms in total. The zero-order valence-electron chi connectivity index (χ0n) is 13.1. The zero-order chi connectivity index (χ0) is 16.7. The molecule has 4 heteroatoms. The Balaban J connectivity index is 1.89. The van der Waals surface area contributed by atoms with Crippen molar-refractivity contribution in [3.8, 4) is 0 Å². The molecule has 1 aliphatic rings. The van der Waals surface area contributed by atoms with E-state index in [2.05, 4.69) is 9.98 Å². The van der Waals surface area contributed by atoms with E-state index in [0.717, 1.165) is 16.5 Å². The Labute approximate surface area is 138 Å². The molecule has 3 aromatic rings. The molecule has 0 saturated heterocycles. The highest BCUT2D eigenvalue weighted by molar-refractivity contribution is 6.37. The van der Waals surface area contributed by atoms with Crippen LogP contribution in [0.4, 0.5) is 5.69 Å². The number of benzene rings is 2. The molecular formula is C20H14N2O2. The van der Waals surface area contributed by atoms with Crippen molar-refractivity contribution in [1.82, 2.24) is 4.98 Å². The van der Waals surface area contributed by atoms with Crippen LogP contribution in [-0.2, 0) is 4.79 Å². The summed E-state index contributed by atoms with van der Waals surface area (Å²) in [7, 11) is 0. The number of carbonyl (C=O) groups excluding carboxylic acids is 2. The summed E-state index contributed by atoms with van der Waals surface area (Å²) >= 11 is 0. The quantitative estimate of drug-likeness (QED) is 0.677. The van der Waals surface area contributed by atoms with Crippen LogP contribution >= 0.6 is 0 Å². The lowest BCUT2D eigenvalue weighted by Gasteiger charge is -2.07. The average molecular weight is 314 g/mol. The topological polar surface area (TPSA) is 59.4 Å². The zero-order valence-corrected chi connectivity index (χ0v) is 13.1. The normalized spacial score (nSPS) is 18.1. The van der Waals surface area contributed by atoms with E-state index in [-0.39, 0.29) is 11.6 Å². The highest BCUT2D eigenvalue weighted by Crippen LogP contribution is 2.31. The number of pyridine rings is 1. The molecule has 0 radical (unpaired) electrons. The number of fused-ring (bicyclic) bond motifs is 2. The van der Waals surface area contributed by atoms with Gasteiger partial charge in [-0.05, 0) is 25.1 Å². The predicted molar refractivity (Wildman–Crippen MR) is 92.9 cm³/mol. The molecule has 1 aliphatic carbocycles. The maximum absolute atomic E-state index is 12.5. The third kappa shape index (κ3) is 2.24. The SMILES string of the molecule is CC(=O)C1C(=O)c2ccccc2C1=Nc1ccc2cccnc2c1. The van der Waals surface area contributed by atoms with Crippen LogP contribution < -0.4 is 0 Å². The first-order valence-electron chi connectivity index (χ1n) is 7.72. The lowest BCUT2D eigenvalue weighted by atomic mass is 9.99. The van der Waals surface area contributed by atoms with Crippen LogP contribution in [0.15, 0.2) is 65.8 Å². The van der Waals surface area contributed by atoms with Crippen LogP contribution in [0.5, 0.6) is 0 Å². The van der Waals surface area contributed by atoms with Gasteiger partial charge in [0.15, 0.2) is 5.78 Å². The Morgan fingerprint density at radius 2 is 1.83 bits per heavy atom. The highest BCUT2D eigenvalue weighted by Gasteiger charge is 2.39. The second-order valence-corrected chi connectivity index (χ2v) is 5.83. The molecule has 4 rings (SSSR count). The Kier molecular flexibility index (Phi) is 3.31. The summed E-state index contributed by atoms with van der Waals surface area (Å²) in [5, 5.41) is 1.02. The molecule has 0 N–H and O–H groups in total.